The summed E-state index contributed by atoms with van der Waals surface area (Å²) in [5.41, 5.74) is 0.482. The van der Waals surface area contributed by atoms with Gasteiger partial charge in [0.15, 0.2) is 0 Å². The van der Waals surface area contributed by atoms with Crippen molar-refractivity contribution in [3.05, 3.63) is 52.4 Å². The van der Waals surface area contributed by atoms with Gasteiger partial charge in [0, 0.05) is 18.0 Å². The van der Waals surface area contributed by atoms with E-state index in [1.807, 2.05) is 0 Å². The maximum Gasteiger partial charge on any atom is 0.337 e. The molecule has 2 N–H and O–H groups in total. The molecule has 0 aliphatic heterocycles. The molecule has 6 nitrogen and oxygen atoms in total. The van der Waals surface area contributed by atoms with E-state index in [2.05, 4.69) is 31.2 Å². The highest BCUT2D eigenvalue weighted by Gasteiger charge is 2.08. The number of carbonyl (C=O) groups excluding carboxylic acids is 1. The van der Waals surface area contributed by atoms with Gasteiger partial charge < -0.3 is 10.4 Å². The van der Waals surface area contributed by atoms with Crippen LogP contribution in [0.1, 0.15) is 20.7 Å². The van der Waals surface area contributed by atoms with Crippen molar-refractivity contribution in [2.24, 2.45) is 0 Å². The molecule has 0 aliphatic carbocycles. The topological polar surface area (TPSA) is 92.2 Å². The minimum Gasteiger partial charge on any atom is -0.478 e. The number of nitrogens with one attached hydrogen (secondary N) is 1. The number of nitrogens with zero attached hydrogens (tertiary/aromatic N) is 2. The molecule has 0 atom stereocenters. The second kappa shape index (κ2) is 5.57. The minimum absolute atomic E-state index is 0.0599. The first-order valence-electron chi connectivity index (χ1n) is 5.18. The molecule has 96 valence electrons. The number of anilines is 1. The van der Waals surface area contributed by atoms with Gasteiger partial charge in [-0.15, -0.1) is 0 Å². The first-order chi connectivity index (χ1) is 9.06. The van der Waals surface area contributed by atoms with Crippen LogP contribution in [0.5, 0.6) is 0 Å². The molecule has 0 unspecified atom stereocenters. The first-order valence-corrected chi connectivity index (χ1v) is 5.98. The van der Waals surface area contributed by atoms with E-state index in [1.54, 1.807) is 12.1 Å². The maximum atomic E-state index is 11.9. The molecular weight excluding hydrogens is 314 g/mol. The number of aromatic nitrogens is 2. The van der Waals surface area contributed by atoms with E-state index >= 15 is 0 Å². The van der Waals surface area contributed by atoms with Crippen molar-refractivity contribution in [3.63, 3.8) is 0 Å². The number of rotatable bonds is 3. The summed E-state index contributed by atoms with van der Waals surface area (Å²) >= 11 is 3.17. The van der Waals surface area contributed by atoms with Crippen LogP contribution < -0.4 is 5.32 Å². The molecule has 0 spiro atoms. The van der Waals surface area contributed by atoms with Gasteiger partial charge >= 0.3 is 5.97 Å². The van der Waals surface area contributed by atoms with E-state index in [1.165, 1.54) is 24.5 Å². The van der Waals surface area contributed by atoms with Crippen molar-refractivity contribution in [1.29, 1.82) is 0 Å². The Kier molecular flexibility index (Phi) is 3.86. The quantitative estimate of drug-likeness (QED) is 0.845. The third-order valence-corrected chi connectivity index (χ3v) is 2.67. The fourth-order valence-corrected chi connectivity index (χ4v) is 1.69. The molecule has 0 aliphatic rings. The zero-order chi connectivity index (χ0) is 13.8. The fraction of sp³-hybridized carbons (Fsp3) is 0. The summed E-state index contributed by atoms with van der Waals surface area (Å²) in [6, 6.07) is 5.93. The molecule has 2 heterocycles. The van der Waals surface area contributed by atoms with E-state index in [9.17, 15) is 9.59 Å². The van der Waals surface area contributed by atoms with Gasteiger partial charge in [-0.05, 0) is 40.2 Å². The number of aromatic carboxylic acids is 1. The molecule has 0 saturated heterocycles. The molecule has 2 rings (SSSR count). The summed E-state index contributed by atoms with van der Waals surface area (Å²) in [6.07, 6.45) is 2.68. The van der Waals surface area contributed by atoms with Crippen LogP contribution in [0.3, 0.4) is 0 Å². The van der Waals surface area contributed by atoms with E-state index in [0.717, 1.165) is 0 Å². The van der Waals surface area contributed by atoms with E-state index in [0.29, 0.717) is 10.2 Å². The molecule has 2 aromatic rings. The smallest absolute Gasteiger partial charge is 0.337 e. The lowest BCUT2D eigenvalue weighted by molar-refractivity contribution is 0.0696. The van der Waals surface area contributed by atoms with Gasteiger partial charge in [-0.25, -0.2) is 14.8 Å². The lowest BCUT2D eigenvalue weighted by atomic mass is 10.2. The van der Waals surface area contributed by atoms with Crippen LogP contribution in [0.4, 0.5) is 5.82 Å². The van der Waals surface area contributed by atoms with Crippen molar-refractivity contribution in [1.82, 2.24) is 9.97 Å². The third kappa shape index (κ3) is 3.35. The zero-order valence-corrected chi connectivity index (χ0v) is 11.1. The summed E-state index contributed by atoms with van der Waals surface area (Å²) in [4.78, 5) is 30.3. The number of carboxylic acid groups (broad SMARTS) is 1. The van der Waals surface area contributed by atoms with Crippen LogP contribution >= 0.6 is 15.9 Å². The molecule has 19 heavy (non-hydrogen) atoms. The summed E-state index contributed by atoms with van der Waals surface area (Å²) in [7, 11) is 0. The molecule has 0 aromatic carbocycles. The van der Waals surface area contributed by atoms with Crippen LogP contribution in [-0.2, 0) is 0 Å². The highest BCUT2D eigenvalue weighted by atomic mass is 79.9. The second-order valence-electron chi connectivity index (χ2n) is 3.56. The van der Waals surface area contributed by atoms with Crippen LogP contribution in [0, 0.1) is 0 Å². The van der Waals surface area contributed by atoms with Crippen molar-refractivity contribution < 1.29 is 14.7 Å². The number of carbonyl (C=O) groups is 2. The maximum absolute atomic E-state index is 11.9. The van der Waals surface area contributed by atoms with E-state index < -0.39 is 5.97 Å². The van der Waals surface area contributed by atoms with Gasteiger partial charge in [0.05, 0.1) is 5.56 Å². The molecule has 1 amide bonds. The van der Waals surface area contributed by atoms with Crippen molar-refractivity contribution in [3.8, 4) is 0 Å². The standard InChI is InChI=1S/C12H8BrN3O3/c13-9-5-7(3-4-14-9)11(17)16-10-2-1-8(6-15-10)12(18)19/h1-6H,(H,18,19)(H,15,16,17). The number of hydrogen-bond donors (Lipinski definition) is 2. The number of amides is 1. The second-order valence-corrected chi connectivity index (χ2v) is 4.37. The normalized spacial score (nSPS) is 9.95. The summed E-state index contributed by atoms with van der Waals surface area (Å²) in [5.74, 6) is -1.13. The van der Waals surface area contributed by atoms with Crippen molar-refractivity contribution in [2.75, 3.05) is 5.32 Å². The molecule has 7 heteroatoms. The predicted octanol–water partition coefficient (Wildman–Crippen LogP) is 2.19. The molecule has 0 fully saturated rings. The monoisotopic (exact) mass is 321 g/mol. The third-order valence-electron chi connectivity index (χ3n) is 2.24. The number of halogens is 1. The molecule has 0 bridgehead atoms. The Morgan fingerprint density at radius 2 is 1.95 bits per heavy atom. The summed E-state index contributed by atoms with van der Waals surface area (Å²) in [5, 5.41) is 11.3. The Labute approximate surface area is 116 Å². The van der Waals surface area contributed by atoms with Gasteiger partial charge in [0.25, 0.3) is 5.91 Å². The van der Waals surface area contributed by atoms with Crippen molar-refractivity contribution in [2.45, 2.75) is 0 Å². The Hall–Kier alpha value is -2.28. The first kappa shape index (κ1) is 13.2. The molecular formula is C12H8BrN3O3. The van der Waals surface area contributed by atoms with Gasteiger partial charge in [-0.1, -0.05) is 0 Å². The van der Waals surface area contributed by atoms with Crippen LogP contribution in [0.2, 0.25) is 0 Å². The summed E-state index contributed by atoms with van der Waals surface area (Å²) in [6.45, 7) is 0. The highest BCUT2D eigenvalue weighted by molar-refractivity contribution is 9.10. The fourth-order valence-electron chi connectivity index (χ4n) is 1.33. The van der Waals surface area contributed by atoms with E-state index in [4.69, 9.17) is 5.11 Å². The van der Waals surface area contributed by atoms with Gasteiger partial charge in [0.2, 0.25) is 0 Å². The SMILES string of the molecule is O=C(O)c1ccc(NC(=O)c2ccnc(Br)c2)nc1. The lowest BCUT2D eigenvalue weighted by Gasteiger charge is -2.04. The predicted molar refractivity (Wildman–Crippen MR) is 71.1 cm³/mol. The Morgan fingerprint density at radius 1 is 1.16 bits per heavy atom. The Balaban J connectivity index is 2.13. The Bertz CT molecular complexity index is 628. The number of hydrogen-bond acceptors (Lipinski definition) is 4. The Morgan fingerprint density at radius 3 is 2.53 bits per heavy atom. The average Bonchev–Trinajstić information content (AvgIpc) is 2.39. The van der Waals surface area contributed by atoms with Gasteiger partial charge in [-0.2, -0.15) is 0 Å². The highest BCUT2D eigenvalue weighted by Crippen LogP contribution is 2.11. The van der Waals surface area contributed by atoms with Crippen LogP contribution in [0.15, 0.2) is 41.3 Å². The lowest BCUT2D eigenvalue weighted by Crippen LogP contribution is -2.13. The van der Waals surface area contributed by atoms with Crippen molar-refractivity contribution >= 4 is 33.6 Å². The molecule has 0 saturated carbocycles. The molecule has 0 radical (unpaired) electrons. The number of pyridine rings is 2. The van der Waals surface area contributed by atoms with E-state index in [-0.39, 0.29) is 17.3 Å². The average molecular weight is 322 g/mol. The van der Waals surface area contributed by atoms with Gasteiger partial charge in [0.1, 0.15) is 10.4 Å². The van der Waals surface area contributed by atoms with Crippen LogP contribution in [0.25, 0.3) is 0 Å². The van der Waals surface area contributed by atoms with Crippen LogP contribution in [-0.4, -0.2) is 27.0 Å². The number of carboxylic acids is 1. The zero-order valence-electron chi connectivity index (χ0n) is 9.50. The summed E-state index contributed by atoms with van der Waals surface area (Å²) < 4.78 is 0.550. The van der Waals surface area contributed by atoms with Gasteiger partial charge in [-0.3, -0.25) is 4.79 Å². The minimum atomic E-state index is -1.07. The molecule has 2 aromatic heterocycles. The largest absolute Gasteiger partial charge is 0.478 e.